The predicted octanol–water partition coefficient (Wildman–Crippen LogP) is 5.06. The fraction of sp³-hybridized carbons (Fsp3) is 0.462. The number of pyridine rings is 1. The van der Waals surface area contributed by atoms with Gasteiger partial charge < -0.3 is 14.2 Å². The van der Waals surface area contributed by atoms with Gasteiger partial charge in [-0.25, -0.2) is 18.4 Å². The first-order valence-corrected chi connectivity index (χ1v) is 15.0. The molecule has 11 heteroatoms. The Hall–Kier alpha value is -2.89. The Bertz CT molecular complexity index is 1460. The molecule has 1 aromatic carbocycles. The summed E-state index contributed by atoms with van der Waals surface area (Å²) in [6.07, 6.45) is 2.35. The van der Waals surface area contributed by atoms with Gasteiger partial charge in [-0.1, -0.05) is 42.5 Å². The number of piperidine rings is 1. The van der Waals surface area contributed by atoms with Gasteiger partial charge in [-0.15, -0.1) is 0 Å². The maximum atomic E-state index is 12.5. The molecule has 3 aromatic heterocycles. The molecule has 0 aliphatic carbocycles. The minimum absolute atomic E-state index is 0.0686. The molecule has 4 aromatic rings. The SMILES string of the molecule is COCCCS(=O)(=O)c1ccc(-c2ccc3nc(N4CCC(c5nc(C(C)C)no5)CC4)sc3n2)cc1. The standard InChI is InChI=1S/C26H31N5O4S2/c1-17(2)23-29-24(35-30-23)19-11-13-31(14-12-19)26-28-22-10-9-21(27-25(22)36-26)18-5-7-20(8-6-18)37(32,33)16-4-15-34-3/h5-10,17,19H,4,11-16H2,1-3H3. The average molecular weight is 542 g/mol. The van der Waals surface area contributed by atoms with E-state index in [9.17, 15) is 8.42 Å². The van der Waals surface area contributed by atoms with E-state index in [1.165, 1.54) is 0 Å². The molecular formula is C26H31N5O4S2. The van der Waals surface area contributed by atoms with Gasteiger partial charge >= 0.3 is 0 Å². The number of anilines is 1. The van der Waals surface area contributed by atoms with E-state index in [-0.39, 0.29) is 17.6 Å². The van der Waals surface area contributed by atoms with Crippen LogP contribution >= 0.6 is 11.3 Å². The Morgan fingerprint density at radius 2 is 1.84 bits per heavy atom. The third-order valence-corrected chi connectivity index (χ3v) is 9.45. The maximum Gasteiger partial charge on any atom is 0.229 e. The van der Waals surface area contributed by atoms with Crippen LogP contribution in [0.5, 0.6) is 0 Å². The minimum Gasteiger partial charge on any atom is -0.385 e. The zero-order chi connectivity index (χ0) is 26.0. The van der Waals surface area contributed by atoms with Crippen molar-refractivity contribution in [2.45, 2.75) is 49.8 Å². The number of hydrogen-bond donors (Lipinski definition) is 0. The Balaban J connectivity index is 1.26. The van der Waals surface area contributed by atoms with Gasteiger partial charge in [0, 0.05) is 44.2 Å². The normalized spacial score (nSPS) is 15.2. The summed E-state index contributed by atoms with van der Waals surface area (Å²) in [5.74, 6) is 2.12. The van der Waals surface area contributed by atoms with Gasteiger partial charge in [-0.3, -0.25) is 0 Å². The number of hydrogen-bond acceptors (Lipinski definition) is 10. The molecule has 0 amide bonds. The molecule has 1 fully saturated rings. The van der Waals surface area contributed by atoms with Crippen LogP contribution in [0.25, 0.3) is 21.6 Å². The maximum absolute atomic E-state index is 12.5. The van der Waals surface area contributed by atoms with E-state index >= 15 is 0 Å². The van der Waals surface area contributed by atoms with Crippen molar-refractivity contribution in [3.05, 3.63) is 48.1 Å². The second-order valence-electron chi connectivity index (χ2n) is 9.61. The molecule has 0 bridgehead atoms. The Morgan fingerprint density at radius 3 is 2.51 bits per heavy atom. The van der Waals surface area contributed by atoms with Crippen LogP contribution in [0, 0.1) is 0 Å². The molecule has 196 valence electrons. The van der Waals surface area contributed by atoms with Crippen LogP contribution in [0.1, 0.15) is 56.7 Å². The lowest BCUT2D eigenvalue weighted by Gasteiger charge is -2.29. The molecule has 0 unspecified atom stereocenters. The molecular weight excluding hydrogens is 510 g/mol. The minimum atomic E-state index is -3.33. The molecule has 1 aliphatic heterocycles. The van der Waals surface area contributed by atoms with Crippen LogP contribution in [-0.2, 0) is 14.6 Å². The molecule has 9 nitrogen and oxygen atoms in total. The third-order valence-electron chi connectivity index (χ3n) is 6.60. The van der Waals surface area contributed by atoms with Crippen molar-refractivity contribution in [3.63, 3.8) is 0 Å². The number of fused-ring (bicyclic) bond motifs is 1. The van der Waals surface area contributed by atoms with E-state index in [1.807, 2.05) is 24.3 Å². The van der Waals surface area contributed by atoms with E-state index in [4.69, 9.17) is 19.2 Å². The number of sulfone groups is 1. The van der Waals surface area contributed by atoms with Crippen molar-refractivity contribution in [1.29, 1.82) is 0 Å². The number of benzene rings is 1. The number of aromatic nitrogens is 4. The van der Waals surface area contributed by atoms with Crippen LogP contribution in [0.3, 0.4) is 0 Å². The van der Waals surface area contributed by atoms with Gasteiger partial charge in [0.05, 0.1) is 16.3 Å². The highest BCUT2D eigenvalue weighted by Crippen LogP contribution is 2.34. The molecule has 4 heterocycles. The molecule has 1 saturated heterocycles. The summed E-state index contributed by atoms with van der Waals surface area (Å²) in [6, 6.07) is 10.8. The van der Waals surface area contributed by atoms with Crippen LogP contribution < -0.4 is 4.90 Å². The van der Waals surface area contributed by atoms with Crippen molar-refractivity contribution in [1.82, 2.24) is 20.1 Å². The van der Waals surface area contributed by atoms with Crippen molar-refractivity contribution < 1.29 is 17.7 Å². The Kier molecular flexibility index (Phi) is 7.55. The molecule has 0 saturated carbocycles. The number of thiazole rings is 1. The van der Waals surface area contributed by atoms with Gasteiger partial charge in [-0.05, 0) is 43.5 Å². The van der Waals surface area contributed by atoms with Crippen molar-refractivity contribution >= 4 is 36.7 Å². The first-order chi connectivity index (χ1) is 17.8. The second-order valence-corrected chi connectivity index (χ2v) is 12.7. The lowest BCUT2D eigenvalue weighted by molar-refractivity contribution is 0.199. The molecule has 0 N–H and O–H groups in total. The van der Waals surface area contributed by atoms with Gasteiger partial charge in [0.1, 0.15) is 10.3 Å². The zero-order valence-electron chi connectivity index (χ0n) is 21.3. The average Bonchev–Trinajstić information content (AvgIpc) is 3.56. The monoisotopic (exact) mass is 541 g/mol. The Morgan fingerprint density at radius 1 is 1.08 bits per heavy atom. The summed E-state index contributed by atoms with van der Waals surface area (Å²) in [5.41, 5.74) is 2.53. The first kappa shape index (κ1) is 25.7. The van der Waals surface area contributed by atoms with Crippen molar-refractivity contribution in [2.24, 2.45) is 0 Å². The van der Waals surface area contributed by atoms with Gasteiger partial charge in [0.25, 0.3) is 0 Å². The first-order valence-electron chi connectivity index (χ1n) is 12.5. The molecule has 1 aliphatic rings. The van der Waals surface area contributed by atoms with E-state index in [0.29, 0.717) is 17.9 Å². The summed E-state index contributed by atoms with van der Waals surface area (Å²) in [7, 11) is -1.76. The number of ether oxygens (including phenoxy) is 1. The lowest BCUT2D eigenvalue weighted by Crippen LogP contribution is -2.32. The van der Waals surface area contributed by atoms with Gasteiger partial charge in [0.2, 0.25) is 5.89 Å². The second kappa shape index (κ2) is 10.8. The summed E-state index contributed by atoms with van der Waals surface area (Å²) in [4.78, 5) is 17.7. The van der Waals surface area contributed by atoms with Crippen LogP contribution in [0.4, 0.5) is 5.13 Å². The molecule has 0 radical (unpaired) electrons. The van der Waals surface area contributed by atoms with Crippen molar-refractivity contribution in [3.8, 4) is 11.3 Å². The van der Waals surface area contributed by atoms with E-state index < -0.39 is 9.84 Å². The molecule has 37 heavy (non-hydrogen) atoms. The highest BCUT2D eigenvalue weighted by Gasteiger charge is 2.27. The number of nitrogens with zero attached hydrogens (tertiary/aromatic N) is 5. The molecule has 0 spiro atoms. The fourth-order valence-corrected chi connectivity index (χ4v) is 6.69. The van der Waals surface area contributed by atoms with Crippen LogP contribution in [0.2, 0.25) is 0 Å². The van der Waals surface area contributed by atoms with Crippen molar-refractivity contribution in [2.75, 3.05) is 37.5 Å². The summed E-state index contributed by atoms with van der Waals surface area (Å²) < 4.78 is 35.5. The largest absolute Gasteiger partial charge is 0.385 e. The zero-order valence-corrected chi connectivity index (χ0v) is 22.9. The van der Waals surface area contributed by atoms with E-state index in [1.54, 1.807) is 30.6 Å². The highest BCUT2D eigenvalue weighted by atomic mass is 32.2. The molecule has 0 atom stereocenters. The predicted molar refractivity (Wildman–Crippen MR) is 144 cm³/mol. The van der Waals surface area contributed by atoms with E-state index in [0.717, 1.165) is 64.4 Å². The highest BCUT2D eigenvalue weighted by molar-refractivity contribution is 7.91. The smallest absolute Gasteiger partial charge is 0.229 e. The van der Waals surface area contributed by atoms with E-state index in [2.05, 4.69) is 28.9 Å². The third kappa shape index (κ3) is 5.68. The van der Waals surface area contributed by atoms with Gasteiger partial charge in [-0.2, -0.15) is 4.98 Å². The number of rotatable bonds is 9. The molecule has 5 rings (SSSR count). The topological polar surface area (TPSA) is 111 Å². The van der Waals surface area contributed by atoms with Crippen LogP contribution in [0.15, 0.2) is 45.8 Å². The summed E-state index contributed by atoms with van der Waals surface area (Å²) in [5, 5.41) is 5.07. The quantitative estimate of drug-likeness (QED) is 0.268. The Labute approximate surface area is 220 Å². The van der Waals surface area contributed by atoms with Crippen LogP contribution in [-0.4, -0.2) is 61.1 Å². The summed E-state index contributed by atoms with van der Waals surface area (Å²) >= 11 is 1.58. The fourth-order valence-electron chi connectivity index (χ4n) is 4.41. The number of methoxy groups -OCH3 is 1. The van der Waals surface area contributed by atoms with Gasteiger partial charge in [0.15, 0.2) is 20.8 Å². The lowest BCUT2D eigenvalue weighted by atomic mass is 9.97. The summed E-state index contributed by atoms with van der Waals surface area (Å²) in [6.45, 7) is 6.30.